The van der Waals surface area contributed by atoms with Gasteiger partial charge in [-0.25, -0.2) is 0 Å². The Kier molecular flexibility index (Phi) is 5.01. The predicted molar refractivity (Wildman–Crippen MR) is 109 cm³/mol. The summed E-state index contributed by atoms with van der Waals surface area (Å²) in [5, 5.41) is 0. The van der Waals surface area contributed by atoms with E-state index in [2.05, 4.69) is 32.9 Å². The third-order valence-corrected chi connectivity index (χ3v) is 7.00. The summed E-state index contributed by atoms with van der Waals surface area (Å²) in [6.45, 7) is 7.04. The van der Waals surface area contributed by atoms with E-state index in [4.69, 9.17) is 0 Å². The van der Waals surface area contributed by atoms with E-state index in [1.165, 1.54) is 63.4 Å². The first-order valence-corrected chi connectivity index (χ1v) is 11.1. The lowest BCUT2D eigenvalue weighted by atomic mass is 9.72. The maximum absolute atomic E-state index is 12.9. The average molecular weight is 353 g/mol. The van der Waals surface area contributed by atoms with Gasteiger partial charge in [-0.1, -0.05) is 52.2 Å². The van der Waals surface area contributed by atoms with Crippen LogP contribution in [0.5, 0.6) is 0 Å². The van der Waals surface area contributed by atoms with Gasteiger partial charge in [-0.2, -0.15) is 0 Å². The molecule has 0 amide bonds. The van der Waals surface area contributed by atoms with Gasteiger partial charge in [0.05, 0.1) is 0 Å². The van der Waals surface area contributed by atoms with Crippen molar-refractivity contribution in [2.45, 2.75) is 109 Å². The zero-order valence-corrected chi connectivity index (χ0v) is 17.1. The van der Waals surface area contributed by atoms with Crippen molar-refractivity contribution in [3.63, 3.8) is 0 Å². The molecule has 3 saturated carbocycles. The molecular weight excluding hydrogens is 316 g/mol. The molecule has 0 N–H and O–H groups in total. The second kappa shape index (κ2) is 7.13. The molecule has 0 bridgehead atoms. The highest BCUT2D eigenvalue weighted by Gasteiger charge is 2.34. The Morgan fingerprint density at radius 3 is 2.00 bits per heavy atom. The fraction of sp³-hybridized carbons (Fsp3) is 0.720. The number of carbonyl (C=O) groups excluding carboxylic acids is 1. The fourth-order valence-corrected chi connectivity index (χ4v) is 5.34. The summed E-state index contributed by atoms with van der Waals surface area (Å²) in [5.74, 6) is 2.62. The Hall–Kier alpha value is -1.11. The first-order chi connectivity index (χ1) is 12.5. The largest absolute Gasteiger partial charge is 0.299 e. The summed E-state index contributed by atoms with van der Waals surface area (Å²) >= 11 is 0. The summed E-state index contributed by atoms with van der Waals surface area (Å²) in [5.41, 5.74) is 6.39. The first-order valence-electron chi connectivity index (χ1n) is 11.1. The number of carbonyl (C=O) groups is 1. The fourth-order valence-electron chi connectivity index (χ4n) is 5.34. The molecule has 1 heteroatoms. The van der Waals surface area contributed by atoms with Gasteiger partial charge in [0.15, 0.2) is 0 Å². The lowest BCUT2D eigenvalue weighted by molar-refractivity contribution is -0.121. The Bertz CT molecular complexity index is 636. The van der Waals surface area contributed by atoms with Crippen molar-refractivity contribution in [3.05, 3.63) is 34.4 Å². The van der Waals surface area contributed by atoms with Gasteiger partial charge in [-0.15, -0.1) is 0 Å². The quantitative estimate of drug-likeness (QED) is 0.514. The monoisotopic (exact) mass is 352 g/mol. The summed E-state index contributed by atoms with van der Waals surface area (Å²) in [7, 11) is 0. The van der Waals surface area contributed by atoms with Gasteiger partial charge in [0.1, 0.15) is 5.78 Å². The minimum atomic E-state index is 0.270. The van der Waals surface area contributed by atoms with E-state index in [-0.39, 0.29) is 5.41 Å². The van der Waals surface area contributed by atoms with Gasteiger partial charge >= 0.3 is 0 Å². The number of rotatable bonds is 7. The second-order valence-corrected chi connectivity index (χ2v) is 10.2. The van der Waals surface area contributed by atoms with Gasteiger partial charge in [-0.3, -0.25) is 4.79 Å². The summed E-state index contributed by atoms with van der Waals surface area (Å²) in [6.07, 6.45) is 13.3. The number of benzene rings is 1. The van der Waals surface area contributed by atoms with Crippen molar-refractivity contribution in [1.82, 2.24) is 0 Å². The number of hydrogen-bond donors (Lipinski definition) is 0. The van der Waals surface area contributed by atoms with E-state index >= 15 is 0 Å². The Morgan fingerprint density at radius 2 is 1.54 bits per heavy atom. The standard InChI is InChI=1S/C25H36O/c1-17(2)24-22(19-7-8-19)14-18(15-23(24)20-9-10-20)13-21(26)16-25(3)11-5-4-6-12-25/h14-15,17,19-20H,4-13,16H2,1-3H3. The summed E-state index contributed by atoms with van der Waals surface area (Å²) in [4.78, 5) is 12.9. The highest BCUT2D eigenvalue weighted by molar-refractivity contribution is 5.81. The van der Waals surface area contributed by atoms with Crippen LogP contribution in [0.2, 0.25) is 0 Å². The molecule has 3 fully saturated rings. The van der Waals surface area contributed by atoms with Crippen molar-refractivity contribution >= 4 is 5.78 Å². The highest BCUT2D eigenvalue weighted by atomic mass is 16.1. The van der Waals surface area contributed by atoms with Crippen molar-refractivity contribution in [1.29, 1.82) is 0 Å². The van der Waals surface area contributed by atoms with E-state index < -0.39 is 0 Å². The van der Waals surface area contributed by atoms with Crippen LogP contribution in [-0.4, -0.2) is 5.78 Å². The smallest absolute Gasteiger partial charge is 0.137 e. The van der Waals surface area contributed by atoms with Gasteiger partial charge in [0.25, 0.3) is 0 Å². The van der Waals surface area contributed by atoms with Crippen molar-refractivity contribution in [2.24, 2.45) is 5.41 Å². The minimum absolute atomic E-state index is 0.270. The third-order valence-electron chi connectivity index (χ3n) is 7.00. The predicted octanol–water partition coefficient (Wildman–Crippen LogP) is 7.04. The van der Waals surface area contributed by atoms with Crippen LogP contribution in [0.15, 0.2) is 12.1 Å². The van der Waals surface area contributed by atoms with E-state index in [1.54, 1.807) is 16.7 Å². The molecule has 4 rings (SSSR count). The number of ketones is 1. The van der Waals surface area contributed by atoms with E-state index in [0.717, 1.165) is 18.3 Å². The molecule has 0 radical (unpaired) electrons. The van der Waals surface area contributed by atoms with Crippen LogP contribution in [0.4, 0.5) is 0 Å². The third kappa shape index (κ3) is 4.07. The van der Waals surface area contributed by atoms with E-state index in [0.29, 0.717) is 18.1 Å². The minimum Gasteiger partial charge on any atom is -0.299 e. The van der Waals surface area contributed by atoms with Crippen LogP contribution in [0, 0.1) is 5.41 Å². The van der Waals surface area contributed by atoms with Crippen molar-refractivity contribution < 1.29 is 4.79 Å². The molecule has 26 heavy (non-hydrogen) atoms. The molecule has 0 atom stereocenters. The molecule has 142 valence electrons. The second-order valence-electron chi connectivity index (χ2n) is 10.2. The molecule has 1 nitrogen and oxygen atoms in total. The molecule has 3 aliphatic carbocycles. The molecule has 0 heterocycles. The zero-order chi connectivity index (χ0) is 18.3. The molecule has 0 spiro atoms. The Labute approximate surface area is 160 Å². The summed E-state index contributed by atoms with van der Waals surface area (Å²) in [6, 6.07) is 4.83. The molecule has 0 unspecified atom stereocenters. The number of Topliss-reactive ketones (excluding diaryl/α,β-unsaturated/α-hetero) is 1. The highest BCUT2D eigenvalue weighted by Crippen LogP contribution is 2.50. The molecule has 0 saturated heterocycles. The van der Waals surface area contributed by atoms with E-state index in [1.807, 2.05) is 0 Å². The number of hydrogen-bond acceptors (Lipinski definition) is 1. The van der Waals surface area contributed by atoms with Gasteiger partial charge in [-0.05, 0) is 83.9 Å². The van der Waals surface area contributed by atoms with Crippen LogP contribution in [0.3, 0.4) is 0 Å². The van der Waals surface area contributed by atoms with Gasteiger partial charge in [0, 0.05) is 12.8 Å². The van der Waals surface area contributed by atoms with Crippen LogP contribution in [0.25, 0.3) is 0 Å². The lowest BCUT2D eigenvalue weighted by Crippen LogP contribution is -2.24. The molecule has 0 aliphatic heterocycles. The molecule has 0 aromatic heterocycles. The van der Waals surface area contributed by atoms with Crippen LogP contribution < -0.4 is 0 Å². The zero-order valence-electron chi connectivity index (χ0n) is 17.1. The normalized spacial score (nSPS) is 22.6. The van der Waals surface area contributed by atoms with Crippen molar-refractivity contribution in [2.75, 3.05) is 0 Å². The van der Waals surface area contributed by atoms with E-state index in [9.17, 15) is 4.79 Å². The SMILES string of the molecule is CC(C)c1c(C2CC2)cc(CC(=O)CC2(C)CCCCC2)cc1C1CC1. The lowest BCUT2D eigenvalue weighted by Gasteiger charge is -2.33. The maximum atomic E-state index is 12.9. The van der Waals surface area contributed by atoms with Crippen LogP contribution in [-0.2, 0) is 11.2 Å². The van der Waals surface area contributed by atoms with Crippen molar-refractivity contribution in [3.8, 4) is 0 Å². The first kappa shape index (κ1) is 18.3. The maximum Gasteiger partial charge on any atom is 0.137 e. The average Bonchev–Trinajstić information content (AvgIpc) is 3.47. The molecule has 3 aliphatic rings. The van der Waals surface area contributed by atoms with Gasteiger partial charge in [0.2, 0.25) is 0 Å². The van der Waals surface area contributed by atoms with Gasteiger partial charge < -0.3 is 0 Å². The Balaban J connectivity index is 1.55. The topological polar surface area (TPSA) is 17.1 Å². The molecule has 1 aromatic carbocycles. The molecular formula is C25H36O. The molecule has 1 aromatic rings. The van der Waals surface area contributed by atoms with Crippen LogP contribution >= 0.6 is 0 Å². The summed E-state index contributed by atoms with van der Waals surface area (Å²) < 4.78 is 0. The van der Waals surface area contributed by atoms with Crippen LogP contribution in [0.1, 0.15) is 125 Å². The Morgan fingerprint density at radius 1 is 1.00 bits per heavy atom.